The number of nitrogens with one attached hydrogen (secondary N) is 1. The number of hydrogen-bond donors (Lipinski definition) is 1. The lowest BCUT2D eigenvalue weighted by Gasteiger charge is -2.39. The fourth-order valence-electron chi connectivity index (χ4n) is 3.62. The van der Waals surface area contributed by atoms with Gasteiger partial charge in [-0.15, -0.1) is 0 Å². The van der Waals surface area contributed by atoms with E-state index in [1.807, 2.05) is 13.0 Å². The molecule has 0 unspecified atom stereocenters. The Kier molecular flexibility index (Phi) is 7.51. The number of halogens is 1. The summed E-state index contributed by atoms with van der Waals surface area (Å²) in [7, 11) is -3.97. The van der Waals surface area contributed by atoms with Gasteiger partial charge in [-0.2, -0.15) is 5.26 Å². The van der Waals surface area contributed by atoms with Crippen molar-refractivity contribution in [3.05, 3.63) is 58.0 Å². The van der Waals surface area contributed by atoms with Gasteiger partial charge in [0.2, 0.25) is 15.9 Å². The predicted octanol–water partition coefficient (Wildman–Crippen LogP) is 2.22. The van der Waals surface area contributed by atoms with Crippen molar-refractivity contribution in [3.63, 3.8) is 0 Å². The molecule has 1 saturated heterocycles. The molecule has 0 bridgehead atoms. The molecule has 1 aliphatic rings. The number of nitriles is 1. The van der Waals surface area contributed by atoms with Crippen LogP contribution in [0.1, 0.15) is 46.6 Å². The first-order valence-corrected chi connectivity index (χ1v) is 12.4. The number of sulfonamides is 1. The molecule has 0 atom stereocenters. The molecule has 1 aromatic heterocycles. The second-order valence-electron chi connectivity index (χ2n) is 7.95. The van der Waals surface area contributed by atoms with Gasteiger partial charge in [-0.25, -0.2) is 22.6 Å². The third-order valence-corrected chi connectivity index (χ3v) is 6.64. The molecule has 1 aliphatic heterocycles. The monoisotopic (exact) mass is 488 g/mol. The molecular formula is C23H25FN4O5S. The minimum atomic E-state index is -3.97. The van der Waals surface area contributed by atoms with E-state index in [0.29, 0.717) is 29.1 Å². The van der Waals surface area contributed by atoms with Crippen molar-refractivity contribution in [1.82, 2.24) is 9.71 Å². The first-order chi connectivity index (χ1) is 16.1. The number of amides is 1. The van der Waals surface area contributed by atoms with Crippen molar-refractivity contribution >= 4 is 27.7 Å². The van der Waals surface area contributed by atoms with Crippen LogP contribution in [0.2, 0.25) is 0 Å². The number of carbonyl (C=O) groups excluding carboxylic acids is 2. The number of ether oxygens (including phenoxy) is 1. The molecule has 11 heteroatoms. The van der Waals surface area contributed by atoms with E-state index in [1.54, 1.807) is 11.8 Å². The highest BCUT2D eigenvalue weighted by atomic mass is 32.2. The number of pyridine rings is 1. The van der Waals surface area contributed by atoms with Crippen LogP contribution in [-0.4, -0.2) is 45.0 Å². The summed E-state index contributed by atoms with van der Waals surface area (Å²) < 4.78 is 45.3. The highest BCUT2D eigenvalue weighted by Gasteiger charge is 2.37. The number of nitrogens with zero attached hydrogens (tertiary/aromatic N) is 3. The quantitative estimate of drug-likeness (QED) is 0.560. The van der Waals surface area contributed by atoms with Gasteiger partial charge >= 0.3 is 5.97 Å². The van der Waals surface area contributed by atoms with Crippen LogP contribution in [0.25, 0.3) is 0 Å². The number of esters is 1. The Morgan fingerprint density at radius 3 is 2.59 bits per heavy atom. The third kappa shape index (κ3) is 5.51. The molecule has 1 fully saturated rings. The second kappa shape index (κ2) is 10.2. The number of hydrogen-bond acceptors (Lipinski definition) is 8. The number of carbonyl (C=O) groups is 2. The number of benzene rings is 1. The minimum Gasteiger partial charge on any atom is -0.462 e. The van der Waals surface area contributed by atoms with E-state index in [2.05, 4.69) is 9.71 Å². The lowest BCUT2D eigenvalue weighted by Crippen LogP contribution is -2.55. The van der Waals surface area contributed by atoms with E-state index in [-0.39, 0.29) is 30.8 Å². The van der Waals surface area contributed by atoms with Crippen LogP contribution in [0.5, 0.6) is 0 Å². The third-order valence-electron chi connectivity index (χ3n) is 5.42. The van der Waals surface area contributed by atoms with Crippen LogP contribution in [0.15, 0.2) is 24.3 Å². The first kappa shape index (κ1) is 25.1. The lowest BCUT2D eigenvalue weighted by molar-refractivity contribution is -0.123. The van der Waals surface area contributed by atoms with E-state index in [0.717, 1.165) is 0 Å². The largest absolute Gasteiger partial charge is 0.462 e. The molecule has 1 N–H and O–H groups in total. The molecule has 1 amide bonds. The molecule has 1 aromatic carbocycles. The summed E-state index contributed by atoms with van der Waals surface area (Å²) >= 11 is 0. The molecule has 3 rings (SSSR count). The summed E-state index contributed by atoms with van der Waals surface area (Å²) in [6, 6.07) is 7.41. The highest BCUT2D eigenvalue weighted by Crippen LogP contribution is 2.28. The van der Waals surface area contributed by atoms with Crippen LogP contribution in [0.3, 0.4) is 0 Å². The van der Waals surface area contributed by atoms with Gasteiger partial charge in [-0.1, -0.05) is 19.1 Å². The van der Waals surface area contributed by atoms with Crippen molar-refractivity contribution in [3.8, 4) is 6.07 Å². The molecule has 2 heterocycles. The molecule has 0 spiro atoms. The van der Waals surface area contributed by atoms with E-state index < -0.39 is 39.4 Å². The van der Waals surface area contributed by atoms with Gasteiger partial charge in [0.05, 0.1) is 35.1 Å². The van der Waals surface area contributed by atoms with Crippen LogP contribution < -0.4 is 9.62 Å². The lowest BCUT2D eigenvalue weighted by atomic mass is 9.98. The summed E-state index contributed by atoms with van der Waals surface area (Å²) in [4.78, 5) is 30.8. The van der Waals surface area contributed by atoms with Gasteiger partial charge in [0.1, 0.15) is 17.7 Å². The average molecular weight is 489 g/mol. The zero-order chi connectivity index (χ0) is 25.0. The molecule has 0 aliphatic carbocycles. The Morgan fingerprint density at radius 2 is 2.00 bits per heavy atom. The minimum absolute atomic E-state index is 0.165. The Morgan fingerprint density at radius 1 is 1.29 bits per heavy atom. The summed E-state index contributed by atoms with van der Waals surface area (Å²) in [5.74, 6) is -2.39. The predicted molar refractivity (Wildman–Crippen MR) is 122 cm³/mol. The van der Waals surface area contributed by atoms with Gasteiger partial charge in [0.25, 0.3) is 0 Å². The van der Waals surface area contributed by atoms with Crippen LogP contribution in [-0.2, 0) is 31.7 Å². The fraction of sp³-hybridized carbons (Fsp3) is 0.391. The smallest absolute Gasteiger partial charge is 0.340 e. The zero-order valence-corrected chi connectivity index (χ0v) is 19.9. The SMILES string of the molecule is CCOC(=O)c1cc(C#N)c(N2CC(C(=O)NS(=O)(=O)Cc3ccc(F)c(C)c3)C2)nc1CC. The van der Waals surface area contributed by atoms with E-state index >= 15 is 0 Å². The molecule has 9 nitrogen and oxygen atoms in total. The van der Waals surface area contributed by atoms with Gasteiger partial charge in [0, 0.05) is 13.1 Å². The van der Waals surface area contributed by atoms with E-state index in [4.69, 9.17) is 4.74 Å². The van der Waals surface area contributed by atoms with Crippen molar-refractivity contribution in [1.29, 1.82) is 5.26 Å². The summed E-state index contributed by atoms with van der Waals surface area (Å²) in [5, 5.41) is 9.54. The van der Waals surface area contributed by atoms with Gasteiger partial charge in [-0.05, 0) is 43.5 Å². The Labute approximate surface area is 197 Å². The Bertz CT molecular complexity index is 1270. The van der Waals surface area contributed by atoms with E-state index in [9.17, 15) is 27.7 Å². The first-order valence-electron chi connectivity index (χ1n) is 10.7. The second-order valence-corrected chi connectivity index (χ2v) is 9.67. The van der Waals surface area contributed by atoms with Gasteiger partial charge < -0.3 is 9.64 Å². The van der Waals surface area contributed by atoms with Crippen molar-refractivity contribution in [2.45, 2.75) is 32.9 Å². The Balaban J connectivity index is 1.68. The number of aryl methyl sites for hydroxylation is 2. The van der Waals surface area contributed by atoms with Crippen molar-refractivity contribution < 1.29 is 27.1 Å². The van der Waals surface area contributed by atoms with Gasteiger partial charge in [0.15, 0.2) is 0 Å². The van der Waals surface area contributed by atoms with Crippen molar-refractivity contribution in [2.24, 2.45) is 5.92 Å². The molecule has 180 valence electrons. The van der Waals surface area contributed by atoms with Crippen LogP contribution >= 0.6 is 0 Å². The maximum Gasteiger partial charge on any atom is 0.340 e. The Hall–Kier alpha value is -3.52. The summed E-state index contributed by atoms with van der Waals surface area (Å²) in [6.45, 7) is 5.56. The maximum atomic E-state index is 13.4. The maximum absolute atomic E-state index is 13.4. The van der Waals surface area contributed by atoms with Gasteiger partial charge in [-0.3, -0.25) is 9.52 Å². The molecule has 2 aromatic rings. The highest BCUT2D eigenvalue weighted by molar-refractivity contribution is 7.89. The zero-order valence-electron chi connectivity index (χ0n) is 19.1. The average Bonchev–Trinajstić information content (AvgIpc) is 2.74. The molecular weight excluding hydrogens is 463 g/mol. The molecule has 0 radical (unpaired) electrons. The number of rotatable bonds is 8. The van der Waals surface area contributed by atoms with Crippen LogP contribution in [0.4, 0.5) is 10.2 Å². The number of anilines is 1. The normalized spacial score (nSPS) is 13.7. The molecule has 34 heavy (non-hydrogen) atoms. The molecule has 0 saturated carbocycles. The topological polar surface area (TPSA) is 129 Å². The standard InChI is InChI=1S/C23H25FN4O5S/c1-4-20-18(23(30)33-5-2)9-16(10-25)21(26-20)28-11-17(12-28)22(29)27-34(31,32)13-15-6-7-19(24)14(3)8-15/h6-9,17H,4-5,11-13H2,1-3H3,(H,27,29). The van der Waals surface area contributed by atoms with Crippen LogP contribution in [0, 0.1) is 30.0 Å². The summed E-state index contributed by atoms with van der Waals surface area (Å²) in [6.07, 6.45) is 0.436. The summed E-state index contributed by atoms with van der Waals surface area (Å²) in [5.41, 5.74) is 1.54. The van der Waals surface area contributed by atoms with Crippen molar-refractivity contribution in [2.75, 3.05) is 24.6 Å². The van der Waals surface area contributed by atoms with E-state index in [1.165, 1.54) is 31.2 Å². The fourth-order valence-corrected chi connectivity index (χ4v) is 4.79. The number of aromatic nitrogens is 1.